The summed E-state index contributed by atoms with van der Waals surface area (Å²) in [6.07, 6.45) is 2.92. The van der Waals surface area contributed by atoms with Gasteiger partial charge in [0.15, 0.2) is 0 Å². The van der Waals surface area contributed by atoms with E-state index in [0.29, 0.717) is 6.04 Å². The molecule has 1 aromatic rings. The number of benzene rings is 1. The molecule has 0 radical (unpaired) electrons. The zero-order valence-corrected chi connectivity index (χ0v) is 11.3. The van der Waals surface area contributed by atoms with Crippen LogP contribution in [0, 0.1) is 5.82 Å². The van der Waals surface area contributed by atoms with Crippen molar-refractivity contribution in [2.24, 2.45) is 0 Å². The van der Waals surface area contributed by atoms with Crippen LogP contribution in [-0.4, -0.2) is 29.8 Å². The summed E-state index contributed by atoms with van der Waals surface area (Å²) in [6, 6.07) is 5.51. The van der Waals surface area contributed by atoms with E-state index < -0.39 is 0 Å². The van der Waals surface area contributed by atoms with Crippen LogP contribution >= 0.6 is 11.8 Å². The summed E-state index contributed by atoms with van der Waals surface area (Å²) in [5, 5.41) is 12.2. The van der Waals surface area contributed by atoms with Gasteiger partial charge >= 0.3 is 0 Å². The van der Waals surface area contributed by atoms with Gasteiger partial charge in [0.2, 0.25) is 0 Å². The highest BCUT2D eigenvalue weighted by Gasteiger charge is 2.21. The first-order valence-electron chi connectivity index (χ1n) is 6.51. The first-order valence-corrected chi connectivity index (χ1v) is 7.67. The van der Waals surface area contributed by atoms with Crippen LogP contribution in [0.1, 0.15) is 30.0 Å². The quantitative estimate of drug-likeness (QED) is 0.746. The number of nitrogens with one attached hydrogen (secondary N) is 1. The first kappa shape index (κ1) is 13.8. The Bertz CT molecular complexity index is 386. The Hall–Kier alpha value is -0.580. The molecule has 0 amide bonds. The van der Waals surface area contributed by atoms with Gasteiger partial charge < -0.3 is 10.4 Å². The van der Waals surface area contributed by atoms with Crippen LogP contribution in [0.25, 0.3) is 0 Å². The van der Waals surface area contributed by atoms with Gasteiger partial charge in [0, 0.05) is 24.9 Å². The molecular weight excluding hydrogens is 249 g/mol. The maximum Gasteiger partial charge on any atom is 0.123 e. The van der Waals surface area contributed by atoms with Gasteiger partial charge in [0.05, 0.1) is 0 Å². The van der Waals surface area contributed by atoms with Gasteiger partial charge in [-0.05, 0) is 48.3 Å². The van der Waals surface area contributed by atoms with Crippen LogP contribution in [0.4, 0.5) is 4.39 Å². The second-order valence-corrected chi connectivity index (χ2v) is 5.80. The minimum absolute atomic E-state index is 0.131. The molecule has 18 heavy (non-hydrogen) atoms. The summed E-state index contributed by atoms with van der Waals surface area (Å²) in [6.45, 7) is 1.25. The fourth-order valence-electron chi connectivity index (χ4n) is 2.37. The molecule has 4 heteroatoms. The third-order valence-electron chi connectivity index (χ3n) is 3.27. The Morgan fingerprint density at radius 1 is 1.39 bits per heavy atom. The third kappa shape index (κ3) is 3.70. The molecule has 0 saturated carbocycles. The van der Waals surface area contributed by atoms with Crippen LogP contribution in [0.3, 0.4) is 0 Å². The highest BCUT2D eigenvalue weighted by atomic mass is 32.2. The van der Waals surface area contributed by atoms with E-state index in [1.165, 1.54) is 5.56 Å². The number of halogens is 1. The number of aryl methyl sites for hydroxylation is 1. The fourth-order valence-corrected chi connectivity index (χ4v) is 3.17. The summed E-state index contributed by atoms with van der Waals surface area (Å²) >= 11 is 1.86. The van der Waals surface area contributed by atoms with Crippen molar-refractivity contribution in [1.82, 2.24) is 5.32 Å². The second kappa shape index (κ2) is 7.12. The van der Waals surface area contributed by atoms with E-state index in [-0.39, 0.29) is 12.4 Å². The SMILES string of the molecule is OCCCSCCNC1CCc2cc(F)ccc21. The van der Waals surface area contributed by atoms with Gasteiger partial charge in [-0.15, -0.1) is 0 Å². The molecule has 0 heterocycles. The predicted molar refractivity (Wildman–Crippen MR) is 74.5 cm³/mol. The number of thioether (sulfide) groups is 1. The van der Waals surface area contributed by atoms with Crippen LogP contribution < -0.4 is 5.32 Å². The van der Waals surface area contributed by atoms with E-state index in [4.69, 9.17) is 5.11 Å². The molecular formula is C14H20FNOS. The molecule has 0 bridgehead atoms. The maximum atomic E-state index is 13.1. The molecule has 100 valence electrons. The number of hydrogen-bond donors (Lipinski definition) is 2. The smallest absolute Gasteiger partial charge is 0.123 e. The number of aliphatic hydroxyl groups is 1. The molecule has 1 aliphatic rings. The Labute approximate surface area is 112 Å². The molecule has 1 aromatic carbocycles. The van der Waals surface area contributed by atoms with Gasteiger partial charge in [-0.3, -0.25) is 0 Å². The summed E-state index contributed by atoms with van der Waals surface area (Å²) < 4.78 is 13.1. The fraction of sp³-hybridized carbons (Fsp3) is 0.571. The van der Waals surface area contributed by atoms with E-state index in [0.717, 1.165) is 42.9 Å². The van der Waals surface area contributed by atoms with Crippen molar-refractivity contribution in [3.63, 3.8) is 0 Å². The molecule has 0 aliphatic heterocycles. The highest BCUT2D eigenvalue weighted by molar-refractivity contribution is 7.99. The highest BCUT2D eigenvalue weighted by Crippen LogP contribution is 2.31. The molecule has 0 spiro atoms. The maximum absolute atomic E-state index is 13.1. The topological polar surface area (TPSA) is 32.3 Å². The molecule has 0 saturated heterocycles. The molecule has 1 atom stereocenters. The lowest BCUT2D eigenvalue weighted by Gasteiger charge is -2.13. The third-order valence-corrected chi connectivity index (χ3v) is 4.34. The summed E-state index contributed by atoms with van der Waals surface area (Å²) in [7, 11) is 0. The second-order valence-electron chi connectivity index (χ2n) is 4.58. The average Bonchev–Trinajstić information content (AvgIpc) is 2.76. The van der Waals surface area contributed by atoms with Crippen LogP contribution in [-0.2, 0) is 6.42 Å². The largest absolute Gasteiger partial charge is 0.396 e. The average molecular weight is 269 g/mol. The summed E-state index contributed by atoms with van der Waals surface area (Å²) in [4.78, 5) is 0. The Morgan fingerprint density at radius 3 is 3.11 bits per heavy atom. The van der Waals surface area contributed by atoms with E-state index in [2.05, 4.69) is 5.32 Å². The van der Waals surface area contributed by atoms with Gasteiger partial charge in [-0.2, -0.15) is 11.8 Å². The lowest BCUT2D eigenvalue weighted by Crippen LogP contribution is -2.22. The number of hydrogen-bond acceptors (Lipinski definition) is 3. The van der Waals surface area contributed by atoms with Crippen molar-refractivity contribution in [3.8, 4) is 0 Å². The van der Waals surface area contributed by atoms with Crippen molar-refractivity contribution in [2.75, 3.05) is 24.7 Å². The monoisotopic (exact) mass is 269 g/mol. The summed E-state index contributed by atoms with van der Waals surface area (Å²) in [5.41, 5.74) is 2.41. The van der Waals surface area contributed by atoms with Gasteiger partial charge in [-0.25, -0.2) is 4.39 Å². The van der Waals surface area contributed by atoms with Gasteiger partial charge in [0.25, 0.3) is 0 Å². The van der Waals surface area contributed by atoms with E-state index in [1.54, 1.807) is 12.1 Å². The lowest BCUT2D eigenvalue weighted by molar-refractivity contribution is 0.296. The van der Waals surface area contributed by atoms with Gasteiger partial charge in [-0.1, -0.05) is 6.07 Å². The number of rotatable bonds is 7. The number of aliphatic hydroxyl groups excluding tert-OH is 1. The molecule has 1 aliphatic carbocycles. The molecule has 1 unspecified atom stereocenters. The number of fused-ring (bicyclic) bond motifs is 1. The zero-order valence-electron chi connectivity index (χ0n) is 10.5. The minimum Gasteiger partial charge on any atom is -0.396 e. The van der Waals surface area contributed by atoms with Crippen molar-refractivity contribution < 1.29 is 9.50 Å². The van der Waals surface area contributed by atoms with Crippen molar-refractivity contribution in [3.05, 3.63) is 35.1 Å². The van der Waals surface area contributed by atoms with Crippen LogP contribution in [0.2, 0.25) is 0 Å². The van der Waals surface area contributed by atoms with Crippen molar-refractivity contribution in [1.29, 1.82) is 0 Å². The van der Waals surface area contributed by atoms with Crippen molar-refractivity contribution in [2.45, 2.75) is 25.3 Å². The molecule has 2 nitrogen and oxygen atoms in total. The van der Waals surface area contributed by atoms with Crippen molar-refractivity contribution >= 4 is 11.8 Å². The predicted octanol–water partition coefficient (Wildman–Crippen LogP) is 2.52. The lowest BCUT2D eigenvalue weighted by atomic mass is 10.1. The minimum atomic E-state index is -0.131. The molecule has 0 aromatic heterocycles. The Morgan fingerprint density at radius 2 is 2.28 bits per heavy atom. The molecule has 2 rings (SSSR count). The zero-order chi connectivity index (χ0) is 12.8. The van der Waals surface area contributed by atoms with Crippen LogP contribution in [0.15, 0.2) is 18.2 Å². The Balaban J connectivity index is 1.73. The van der Waals surface area contributed by atoms with E-state index >= 15 is 0 Å². The standard InChI is InChI=1S/C14H20FNOS/c15-12-3-4-13-11(10-12)2-5-14(13)16-6-9-18-8-1-7-17/h3-4,10,14,16-17H,1-2,5-9H2. The summed E-state index contributed by atoms with van der Waals surface area (Å²) in [5.74, 6) is 1.95. The molecule has 2 N–H and O–H groups in total. The first-order chi connectivity index (χ1) is 8.81. The van der Waals surface area contributed by atoms with E-state index in [1.807, 2.05) is 17.8 Å². The normalized spacial score (nSPS) is 18.0. The van der Waals surface area contributed by atoms with E-state index in [9.17, 15) is 4.39 Å². The van der Waals surface area contributed by atoms with Crippen LogP contribution in [0.5, 0.6) is 0 Å². The molecule has 0 fully saturated rings. The van der Waals surface area contributed by atoms with Gasteiger partial charge in [0.1, 0.15) is 5.82 Å². The Kier molecular flexibility index (Phi) is 5.47.